The largest absolute Gasteiger partial charge is 0.466 e. The maximum atomic E-state index is 13.1. The molecular formula is C17H18F2N2O4. The summed E-state index contributed by atoms with van der Waals surface area (Å²) in [6.45, 7) is 3.53. The molecule has 134 valence electrons. The normalized spacial score (nSPS) is 11.9. The van der Waals surface area contributed by atoms with Gasteiger partial charge in [0.15, 0.2) is 11.6 Å². The van der Waals surface area contributed by atoms with Crippen LogP contribution in [0.25, 0.3) is 0 Å². The van der Waals surface area contributed by atoms with Gasteiger partial charge in [0.2, 0.25) is 0 Å². The molecule has 0 saturated heterocycles. The summed E-state index contributed by atoms with van der Waals surface area (Å²) in [7, 11) is 0. The van der Waals surface area contributed by atoms with Crippen LogP contribution >= 0.6 is 0 Å². The molecule has 0 radical (unpaired) electrons. The van der Waals surface area contributed by atoms with Gasteiger partial charge in [-0.15, -0.1) is 0 Å². The molecule has 2 aromatic rings. The van der Waals surface area contributed by atoms with Crippen molar-refractivity contribution in [3.8, 4) is 0 Å². The fourth-order valence-corrected chi connectivity index (χ4v) is 2.30. The Balaban J connectivity index is 1.82. The summed E-state index contributed by atoms with van der Waals surface area (Å²) in [6.07, 6.45) is -0.656. The number of aryl methyl sites for hydroxylation is 2. The van der Waals surface area contributed by atoms with Crippen molar-refractivity contribution in [3.05, 3.63) is 53.0 Å². The van der Waals surface area contributed by atoms with Crippen LogP contribution in [0.3, 0.4) is 0 Å². The molecular weight excluding hydrogens is 334 g/mol. The molecule has 1 heterocycles. The van der Waals surface area contributed by atoms with E-state index in [0.29, 0.717) is 17.1 Å². The van der Waals surface area contributed by atoms with E-state index in [-0.39, 0.29) is 18.7 Å². The number of nitrogens with one attached hydrogen (secondary N) is 2. The Morgan fingerprint density at radius 1 is 1.16 bits per heavy atom. The van der Waals surface area contributed by atoms with Gasteiger partial charge in [-0.2, -0.15) is 0 Å². The summed E-state index contributed by atoms with van der Waals surface area (Å²) in [5.41, 5.74) is 0.585. The van der Waals surface area contributed by atoms with Crippen molar-refractivity contribution in [2.75, 3.05) is 11.9 Å². The number of amides is 2. The Labute approximate surface area is 142 Å². The third kappa shape index (κ3) is 4.87. The van der Waals surface area contributed by atoms with Crippen LogP contribution in [0.1, 0.15) is 29.6 Å². The highest BCUT2D eigenvalue weighted by Crippen LogP contribution is 2.23. The van der Waals surface area contributed by atoms with E-state index >= 15 is 0 Å². The molecule has 2 rings (SSSR count). The van der Waals surface area contributed by atoms with E-state index in [2.05, 4.69) is 10.6 Å². The molecule has 1 aromatic carbocycles. The van der Waals surface area contributed by atoms with Crippen molar-refractivity contribution in [1.29, 1.82) is 0 Å². The molecule has 8 heteroatoms. The van der Waals surface area contributed by atoms with Crippen LogP contribution in [0.4, 0.5) is 14.5 Å². The number of aliphatic hydroxyl groups excluding tert-OH is 1. The van der Waals surface area contributed by atoms with Gasteiger partial charge >= 0.3 is 11.8 Å². The molecule has 1 aromatic heterocycles. The number of rotatable bonds is 5. The van der Waals surface area contributed by atoms with Gasteiger partial charge < -0.3 is 20.2 Å². The van der Waals surface area contributed by atoms with Crippen molar-refractivity contribution < 1.29 is 27.9 Å². The number of furan rings is 1. The Hall–Kier alpha value is -2.74. The highest BCUT2D eigenvalue weighted by molar-refractivity contribution is 6.39. The van der Waals surface area contributed by atoms with E-state index in [1.54, 1.807) is 19.9 Å². The summed E-state index contributed by atoms with van der Waals surface area (Å²) in [5.74, 6) is -2.89. The highest BCUT2D eigenvalue weighted by atomic mass is 19.2. The number of benzene rings is 1. The van der Waals surface area contributed by atoms with Gasteiger partial charge in [0, 0.05) is 23.9 Å². The van der Waals surface area contributed by atoms with Crippen LogP contribution in [0.15, 0.2) is 28.7 Å². The number of hydrogen-bond acceptors (Lipinski definition) is 4. The van der Waals surface area contributed by atoms with Gasteiger partial charge in [-0.1, -0.05) is 0 Å². The number of aliphatic hydroxyl groups is 1. The third-order valence-electron chi connectivity index (χ3n) is 3.53. The Morgan fingerprint density at radius 2 is 1.88 bits per heavy atom. The van der Waals surface area contributed by atoms with Gasteiger partial charge in [0.1, 0.15) is 11.5 Å². The lowest BCUT2D eigenvalue weighted by Gasteiger charge is -2.11. The first kappa shape index (κ1) is 18.6. The highest BCUT2D eigenvalue weighted by Gasteiger charge is 2.17. The maximum Gasteiger partial charge on any atom is 0.313 e. The maximum absolute atomic E-state index is 13.1. The van der Waals surface area contributed by atoms with Crippen LogP contribution in [-0.4, -0.2) is 23.5 Å². The van der Waals surface area contributed by atoms with Crippen molar-refractivity contribution in [3.63, 3.8) is 0 Å². The Bertz CT molecular complexity index is 789. The van der Waals surface area contributed by atoms with Gasteiger partial charge in [-0.25, -0.2) is 8.78 Å². The molecule has 1 atom stereocenters. The Kier molecular flexibility index (Phi) is 5.87. The van der Waals surface area contributed by atoms with Crippen LogP contribution in [-0.2, 0) is 9.59 Å². The van der Waals surface area contributed by atoms with Crippen molar-refractivity contribution >= 4 is 17.5 Å². The predicted octanol–water partition coefficient (Wildman–Crippen LogP) is 2.35. The molecule has 2 amide bonds. The topological polar surface area (TPSA) is 91.6 Å². The quantitative estimate of drug-likeness (QED) is 0.721. The first-order valence-corrected chi connectivity index (χ1v) is 7.57. The smallest absolute Gasteiger partial charge is 0.313 e. The molecule has 0 bridgehead atoms. The van der Waals surface area contributed by atoms with Crippen LogP contribution in [0.5, 0.6) is 0 Å². The monoisotopic (exact) mass is 352 g/mol. The van der Waals surface area contributed by atoms with Gasteiger partial charge in [0.25, 0.3) is 0 Å². The van der Waals surface area contributed by atoms with Crippen molar-refractivity contribution in [2.24, 2.45) is 0 Å². The molecule has 6 nitrogen and oxygen atoms in total. The van der Waals surface area contributed by atoms with Crippen molar-refractivity contribution in [1.82, 2.24) is 5.32 Å². The third-order valence-corrected chi connectivity index (χ3v) is 3.53. The average Bonchev–Trinajstić information content (AvgIpc) is 2.89. The summed E-state index contributed by atoms with van der Waals surface area (Å²) < 4.78 is 31.2. The zero-order valence-corrected chi connectivity index (χ0v) is 13.7. The number of hydrogen-bond donors (Lipinski definition) is 3. The number of carbonyl (C=O) groups is 2. The molecule has 3 N–H and O–H groups in total. The van der Waals surface area contributed by atoms with Crippen LogP contribution in [0, 0.1) is 25.5 Å². The van der Waals surface area contributed by atoms with Crippen LogP contribution < -0.4 is 10.6 Å². The lowest BCUT2D eigenvalue weighted by atomic mass is 10.1. The van der Waals surface area contributed by atoms with Gasteiger partial charge in [-0.05, 0) is 38.5 Å². The minimum atomic E-state index is -1.13. The lowest BCUT2D eigenvalue weighted by molar-refractivity contribution is -0.136. The molecule has 1 unspecified atom stereocenters. The van der Waals surface area contributed by atoms with Crippen molar-refractivity contribution in [2.45, 2.75) is 26.4 Å². The van der Waals surface area contributed by atoms with Crippen LogP contribution in [0.2, 0.25) is 0 Å². The second-order valence-electron chi connectivity index (χ2n) is 5.51. The molecule has 0 fully saturated rings. The SMILES string of the molecule is Cc1cc(C(O)CCNC(=O)C(=O)Nc2ccc(F)c(F)c2)c(C)o1. The molecule has 0 aliphatic carbocycles. The second-order valence-corrected chi connectivity index (χ2v) is 5.51. The fraction of sp³-hybridized carbons (Fsp3) is 0.294. The van der Waals surface area contributed by atoms with E-state index < -0.39 is 29.6 Å². The fourth-order valence-electron chi connectivity index (χ4n) is 2.30. The Morgan fingerprint density at radius 3 is 2.48 bits per heavy atom. The van der Waals surface area contributed by atoms with E-state index in [0.717, 1.165) is 18.2 Å². The summed E-state index contributed by atoms with van der Waals surface area (Å²) >= 11 is 0. The summed E-state index contributed by atoms with van der Waals surface area (Å²) in [6, 6.07) is 4.46. The minimum Gasteiger partial charge on any atom is -0.466 e. The van der Waals surface area contributed by atoms with E-state index in [1.807, 2.05) is 0 Å². The number of anilines is 1. The minimum absolute atomic E-state index is 0.0384. The number of halogens is 2. The lowest BCUT2D eigenvalue weighted by Crippen LogP contribution is -2.36. The first-order valence-electron chi connectivity index (χ1n) is 7.57. The predicted molar refractivity (Wildman–Crippen MR) is 85.8 cm³/mol. The molecule has 25 heavy (non-hydrogen) atoms. The standard InChI is InChI=1S/C17H18F2N2O4/c1-9-7-12(10(2)25-9)15(22)5-6-20-16(23)17(24)21-11-3-4-13(18)14(19)8-11/h3-4,7-8,15,22H,5-6H2,1-2H3,(H,20,23)(H,21,24). The van der Waals surface area contributed by atoms with Gasteiger partial charge in [-0.3, -0.25) is 9.59 Å². The van der Waals surface area contributed by atoms with E-state index in [4.69, 9.17) is 4.42 Å². The van der Waals surface area contributed by atoms with E-state index in [1.165, 1.54) is 0 Å². The molecule has 0 aliphatic rings. The summed E-state index contributed by atoms with van der Waals surface area (Å²) in [4.78, 5) is 23.4. The zero-order chi connectivity index (χ0) is 18.6. The van der Waals surface area contributed by atoms with Gasteiger partial charge in [0.05, 0.1) is 6.10 Å². The second kappa shape index (κ2) is 7.89. The molecule has 0 spiro atoms. The first-order chi connectivity index (χ1) is 11.8. The van der Waals surface area contributed by atoms with E-state index in [9.17, 15) is 23.5 Å². The number of carbonyl (C=O) groups excluding carboxylic acids is 2. The molecule has 0 aliphatic heterocycles. The average molecular weight is 352 g/mol. The summed E-state index contributed by atoms with van der Waals surface area (Å²) in [5, 5.41) is 14.6. The molecule has 0 saturated carbocycles. The zero-order valence-electron chi connectivity index (χ0n) is 13.7.